The largest absolute Gasteiger partial charge is 0.459 e. The van der Waals surface area contributed by atoms with Crippen LogP contribution in [0.15, 0.2) is 29.3 Å². The molecule has 42 heavy (non-hydrogen) atoms. The number of pyridine rings is 2. The number of anilines is 3. The van der Waals surface area contributed by atoms with Crippen molar-refractivity contribution in [2.45, 2.75) is 84.9 Å². The third-order valence-corrected chi connectivity index (χ3v) is 8.21. The molecule has 0 bridgehead atoms. The summed E-state index contributed by atoms with van der Waals surface area (Å²) in [5.41, 5.74) is 1.60. The van der Waals surface area contributed by atoms with Gasteiger partial charge in [0.1, 0.15) is 23.1 Å². The third-order valence-electron chi connectivity index (χ3n) is 8.21. The van der Waals surface area contributed by atoms with Crippen LogP contribution in [0.2, 0.25) is 0 Å². The van der Waals surface area contributed by atoms with Crippen LogP contribution in [0.4, 0.5) is 17.5 Å². The highest BCUT2D eigenvalue weighted by Gasteiger charge is 2.30. The number of fused-ring (bicyclic) bond motifs is 1. The fraction of sp³-hybridized carbons (Fsp3) is 0.548. The van der Waals surface area contributed by atoms with Crippen LogP contribution in [0.1, 0.15) is 82.3 Å². The van der Waals surface area contributed by atoms with Gasteiger partial charge in [0.15, 0.2) is 5.78 Å². The number of hydrogen-bond acceptors (Lipinski definition) is 10. The first-order valence-corrected chi connectivity index (χ1v) is 14.8. The summed E-state index contributed by atoms with van der Waals surface area (Å²) < 4.78 is 7.26. The van der Waals surface area contributed by atoms with Crippen molar-refractivity contribution in [1.82, 2.24) is 24.4 Å². The molecule has 11 heteroatoms. The highest BCUT2D eigenvalue weighted by molar-refractivity contribution is 5.99. The highest BCUT2D eigenvalue weighted by Crippen LogP contribution is 2.32. The summed E-state index contributed by atoms with van der Waals surface area (Å²) >= 11 is 0. The molecule has 0 spiro atoms. The Morgan fingerprint density at radius 1 is 1.05 bits per heavy atom. The van der Waals surface area contributed by atoms with E-state index < -0.39 is 5.60 Å². The van der Waals surface area contributed by atoms with Gasteiger partial charge < -0.3 is 15.0 Å². The number of nitrogens with zero attached hydrogens (tertiary/aromatic N) is 6. The Labute approximate surface area is 246 Å². The van der Waals surface area contributed by atoms with Crippen molar-refractivity contribution >= 4 is 40.2 Å². The Morgan fingerprint density at radius 3 is 2.33 bits per heavy atom. The van der Waals surface area contributed by atoms with Crippen molar-refractivity contribution in [3.05, 3.63) is 46.0 Å². The van der Waals surface area contributed by atoms with E-state index in [1.807, 2.05) is 46.0 Å². The molecule has 224 valence electrons. The van der Waals surface area contributed by atoms with Crippen molar-refractivity contribution in [3.8, 4) is 0 Å². The molecule has 5 rings (SSSR count). The lowest BCUT2D eigenvalue weighted by Crippen LogP contribution is -2.52. The fourth-order valence-electron chi connectivity index (χ4n) is 5.97. The van der Waals surface area contributed by atoms with Crippen LogP contribution >= 0.6 is 0 Å². The molecule has 4 heterocycles. The van der Waals surface area contributed by atoms with Crippen molar-refractivity contribution < 1.29 is 14.3 Å². The molecule has 1 N–H and O–H groups in total. The number of carbonyl (C=O) groups is 2. The number of esters is 1. The predicted octanol–water partition coefficient (Wildman–Crippen LogP) is 4.41. The first-order valence-electron chi connectivity index (χ1n) is 14.8. The number of nitrogens with one attached hydrogen (secondary N) is 1. The van der Waals surface area contributed by atoms with E-state index in [9.17, 15) is 14.4 Å². The molecule has 1 aliphatic carbocycles. The summed E-state index contributed by atoms with van der Waals surface area (Å²) in [5, 5.41) is 3.89. The maximum absolute atomic E-state index is 13.5. The molecule has 1 atom stereocenters. The van der Waals surface area contributed by atoms with Crippen LogP contribution in [0.3, 0.4) is 0 Å². The average molecular weight is 576 g/mol. The van der Waals surface area contributed by atoms with Gasteiger partial charge in [0.2, 0.25) is 5.95 Å². The minimum atomic E-state index is -0.499. The predicted molar refractivity (Wildman–Crippen MR) is 163 cm³/mol. The number of Topliss-reactive ketones (excluding diaryl/α,β-unsaturated/α-hetero) is 1. The van der Waals surface area contributed by atoms with Crippen molar-refractivity contribution in [3.63, 3.8) is 0 Å². The summed E-state index contributed by atoms with van der Waals surface area (Å²) in [7, 11) is 0. The van der Waals surface area contributed by atoms with E-state index in [0.29, 0.717) is 28.4 Å². The zero-order valence-corrected chi connectivity index (χ0v) is 25.4. The Morgan fingerprint density at radius 2 is 1.74 bits per heavy atom. The third kappa shape index (κ3) is 6.16. The minimum Gasteiger partial charge on any atom is -0.459 e. The molecule has 3 aromatic heterocycles. The molecule has 1 aliphatic heterocycles. The van der Waals surface area contributed by atoms with Crippen molar-refractivity contribution in [2.24, 2.45) is 0 Å². The number of ketones is 1. The Kier molecular flexibility index (Phi) is 8.32. The lowest BCUT2D eigenvalue weighted by atomic mass is 10.0. The zero-order valence-electron chi connectivity index (χ0n) is 25.4. The molecule has 1 saturated heterocycles. The number of aromatic nitrogens is 4. The van der Waals surface area contributed by atoms with Gasteiger partial charge in [-0.25, -0.2) is 9.97 Å². The van der Waals surface area contributed by atoms with Gasteiger partial charge >= 0.3 is 5.97 Å². The quantitative estimate of drug-likeness (QED) is 0.320. The van der Waals surface area contributed by atoms with Crippen molar-refractivity contribution in [1.29, 1.82) is 0 Å². The van der Waals surface area contributed by atoms with Gasteiger partial charge in [-0.3, -0.25) is 23.9 Å². The highest BCUT2D eigenvalue weighted by atomic mass is 16.6. The monoisotopic (exact) mass is 575 g/mol. The van der Waals surface area contributed by atoms with E-state index >= 15 is 0 Å². The first kappa shape index (κ1) is 29.6. The zero-order chi connectivity index (χ0) is 30.2. The molecule has 0 amide bonds. The van der Waals surface area contributed by atoms with E-state index in [0.717, 1.165) is 57.5 Å². The van der Waals surface area contributed by atoms with E-state index in [-0.39, 0.29) is 35.0 Å². The number of carbonyl (C=O) groups excluding carboxylic acids is 2. The van der Waals surface area contributed by atoms with Gasteiger partial charge in [-0.2, -0.15) is 4.98 Å². The molecule has 1 unspecified atom stereocenters. The van der Waals surface area contributed by atoms with Crippen LogP contribution in [-0.2, 0) is 9.53 Å². The second-order valence-corrected chi connectivity index (χ2v) is 12.4. The lowest BCUT2D eigenvalue weighted by Gasteiger charge is -2.38. The maximum atomic E-state index is 13.5. The molecular weight excluding hydrogens is 534 g/mol. The number of aryl methyl sites for hydroxylation is 1. The van der Waals surface area contributed by atoms with Crippen LogP contribution in [0.5, 0.6) is 0 Å². The molecule has 0 radical (unpaired) electrons. The lowest BCUT2D eigenvalue weighted by molar-refractivity contribution is -0.160. The maximum Gasteiger partial charge on any atom is 0.323 e. The number of hydrogen-bond donors (Lipinski definition) is 1. The fourth-order valence-corrected chi connectivity index (χ4v) is 5.97. The van der Waals surface area contributed by atoms with Crippen molar-refractivity contribution in [2.75, 3.05) is 36.4 Å². The summed E-state index contributed by atoms with van der Waals surface area (Å²) in [6, 6.07) is 3.61. The average Bonchev–Trinajstić information content (AvgIpc) is 3.46. The van der Waals surface area contributed by atoms with E-state index in [1.165, 1.54) is 6.92 Å². The van der Waals surface area contributed by atoms with Gasteiger partial charge in [0.05, 0.1) is 17.4 Å². The van der Waals surface area contributed by atoms with Gasteiger partial charge in [-0.05, 0) is 72.1 Å². The number of piperazine rings is 1. The van der Waals surface area contributed by atoms with Crippen LogP contribution in [-0.4, -0.2) is 74.0 Å². The standard InChI is InChI=1S/C31H41N7O4/c1-19-24-18-33-30(35-27(24)38(22-9-7-8-10-22)28(40)26(19)21(3)39)34-25-12-11-23(17-32-25)37-15-13-36(14-16-37)20(2)29(41)42-31(4,5)6/h11-12,17-18,20,22H,7-10,13-16H2,1-6H3,(H,32,33,34,35). The molecule has 11 nitrogen and oxygen atoms in total. The van der Waals surface area contributed by atoms with Gasteiger partial charge in [-0.1, -0.05) is 12.8 Å². The molecule has 2 fully saturated rings. The topological polar surface area (TPSA) is 123 Å². The second kappa shape index (κ2) is 11.8. The van der Waals surface area contributed by atoms with Crippen LogP contribution in [0.25, 0.3) is 11.0 Å². The van der Waals surface area contributed by atoms with Gasteiger partial charge in [-0.15, -0.1) is 0 Å². The summed E-state index contributed by atoms with van der Waals surface area (Å²) in [6.07, 6.45) is 7.37. The Hall–Kier alpha value is -3.86. The van der Waals surface area contributed by atoms with Gasteiger partial charge in [0, 0.05) is 43.8 Å². The normalized spacial score (nSPS) is 17.4. The SMILES string of the molecule is CC(=O)c1c(C)c2cnc(Nc3ccc(N4CCN(C(C)C(=O)OC(C)(C)C)CC4)cn3)nc2n(C2CCCC2)c1=O. The molecule has 0 aromatic carbocycles. The second-order valence-electron chi connectivity index (χ2n) is 12.4. The van der Waals surface area contributed by atoms with Gasteiger partial charge in [0.25, 0.3) is 5.56 Å². The molecular formula is C31H41N7O4. The smallest absolute Gasteiger partial charge is 0.323 e. The first-order chi connectivity index (χ1) is 19.9. The number of ether oxygens (including phenoxy) is 1. The summed E-state index contributed by atoms with van der Waals surface area (Å²) in [5.74, 6) is 0.492. The van der Waals surface area contributed by atoms with Crippen LogP contribution in [0, 0.1) is 6.92 Å². The molecule has 3 aromatic rings. The minimum absolute atomic E-state index is 0.0199. The summed E-state index contributed by atoms with van der Waals surface area (Å²) in [4.78, 5) is 56.5. The van der Waals surface area contributed by atoms with Crippen LogP contribution < -0.4 is 15.8 Å². The van der Waals surface area contributed by atoms with E-state index in [4.69, 9.17) is 9.72 Å². The molecule has 1 saturated carbocycles. The number of rotatable bonds is 7. The summed E-state index contributed by atoms with van der Waals surface area (Å²) in [6.45, 7) is 13.8. The Bertz CT molecular complexity index is 1530. The van der Waals surface area contributed by atoms with E-state index in [2.05, 4.69) is 25.1 Å². The molecule has 2 aliphatic rings. The van der Waals surface area contributed by atoms with E-state index in [1.54, 1.807) is 17.7 Å². The Balaban J connectivity index is 1.30.